The highest BCUT2D eigenvalue weighted by Gasteiger charge is 1.93. The van der Waals surface area contributed by atoms with Crippen LogP contribution in [0.15, 0.2) is 24.0 Å². The first-order chi connectivity index (χ1) is 3.79. The third-order valence-electron chi connectivity index (χ3n) is 0.996. The van der Waals surface area contributed by atoms with Gasteiger partial charge < -0.3 is 10.7 Å². The van der Waals surface area contributed by atoms with E-state index in [0.29, 0.717) is 6.54 Å². The molecule has 1 rings (SSSR count). The molecule has 0 aromatic carbocycles. The van der Waals surface area contributed by atoms with E-state index in [1.54, 1.807) is 17.3 Å². The number of hydrazine groups is 1. The van der Waals surface area contributed by atoms with Crippen molar-refractivity contribution in [1.29, 1.82) is 0 Å². The van der Waals surface area contributed by atoms with Crippen molar-refractivity contribution < 1.29 is 0 Å². The number of hydrogen-bond acceptors (Lipinski definition) is 3. The molecule has 0 aromatic rings. The minimum absolute atomic E-state index is 0.711. The molecule has 1 aliphatic heterocycles. The zero-order valence-corrected chi connectivity index (χ0v) is 4.54. The zero-order valence-electron chi connectivity index (χ0n) is 4.54. The van der Waals surface area contributed by atoms with Crippen LogP contribution in [0.25, 0.3) is 0 Å². The lowest BCUT2D eigenvalue weighted by atomic mass is 10.3. The SMILES string of the molecule is NC1=CCN(N)C=C1. The summed E-state index contributed by atoms with van der Waals surface area (Å²) in [6, 6.07) is 0. The van der Waals surface area contributed by atoms with Crippen molar-refractivity contribution in [2.45, 2.75) is 0 Å². The van der Waals surface area contributed by atoms with Crippen LogP contribution < -0.4 is 11.6 Å². The van der Waals surface area contributed by atoms with Gasteiger partial charge in [0.25, 0.3) is 0 Å². The van der Waals surface area contributed by atoms with E-state index >= 15 is 0 Å². The van der Waals surface area contributed by atoms with Crippen LogP contribution in [0.3, 0.4) is 0 Å². The summed E-state index contributed by atoms with van der Waals surface area (Å²) in [6.07, 6.45) is 5.37. The van der Waals surface area contributed by atoms with Crippen LogP contribution >= 0.6 is 0 Å². The number of allylic oxidation sites excluding steroid dienone is 1. The normalized spacial score (nSPS) is 18.6. The lowest BCUT2D eigenvalue weighted by Gasteiger charge is -2.13. The summed E-state index contributed by atoms with van der Waals surface area (Å²) in [5, 5.41) is 1.57. The summed E-state index contributed by atoms with van der Waals surface area (Å²) in [6.45, 7) is 0.711. The number of nitrogens with zero attached hydrogens (tertiary/aromatic N) is 1. The third-order valence-corrected chi connectivity index (χ3v) is 0.996. The van der Waals surface area contributed by atoms with Crippen LogP contribution in [0.1, 0.15) is 0 Å². The van der Waals surface area contributed by atoms with Gasteiger partial charge in [0, 0.05) is 11.9 Å². The van der Waals surface area contributed by atoms with E-state index in [-0.39, 0.29) is 0 Å². The maximum absolute atomic E-state index is 5.39. The summed E-state index contributed by atoms with van der Waals surface area (Å²) < 4.78 is 0. The molecule has 0 bridgehead atoms. The summed E-state index contributed by atoms with van der Waals surface area (Å²) in [7, 11) is 0. The highest BCUT2D eigenvalue weighted by atomic mass is 15.4. The van der Waals surface area contributed by atoms with Crippen molar-refractivity contribution in [1.82, 2.24) is 5.01 Å². The third kappa shape index (κ3) is 1.01. The molecule has 0 unspecified atom stereocenters. The van der Waals surface area contributed by atoms with Crippen molar-refractivity contribution in [3.05, 3.63) is 24.0 Å². The maximum Gasteiger partial charge on any atom is 0.0538 e. The van der Waals surface area contributed by atoms with Gasteiger partial charge in [-0.1, -0.05) is 0 Å². The molecule has 8 heavy (non-hydrogen) atoms. The van der Waals surface area contributed by atoms with Gasteiger partial charge in [-0.05, 0) is 12.2 Å². The Kier molecular flexibility index (Phi) is 1.22. The van der Waals surface area contributed by atoms with Gasteiger partial charge in [-0.25, -0.2) is 5.84 Å². The fourth-order valence-corrected chi connectivity index (χ4v) is 0.522. The van der Waals surface area contributed by atoms with Crippen LogP contribution in [0.5, 0.6) is 0 Å². The van der Waals surface area contributed by atoms with Crippen molar-refractivity contribution in [3.8, 4) is 0 Å². The summed E-state index contributed by atoms with van der Waals surface area (Å²) in [4.78, 5) is 0. The molecule has 0 fully saturated rings. The van der Waals surface area contributed by atoms with Gasteiger partial charge in [-0.15, -0.1) is 0 Å². The van der Waals surface area contributed by atoms with Gasteiger partial charge >= 0.3 is 0 Å². The first-order valence-corrected chi connectivity index (χ1v) is 2.44. The molecule has 3 nitrogen and oxygen atoms in total. The van der Waals surface area contributed by atoms with E-state index < -0.39 is 0 Å². The van der Waals surface area contributed by atoms with E-state index in [1.807, 2.05) is 6.08 Å². The van der Waals surface area contributed by atoms with Crippen LogP contribution in [0.4, 0.5) is 0 Å². The maximum atomic E-state index is 5.39. The molecule has 0 spiro atoms. The molecule has 0 aliphatic carbocycles. The van der Waals surface area contributed by atoms with E-state index in [1.165, 1.54) is 0 Å². The fraction of sp³-hybridized carbons (Fsp3) is 0.200. The highest BCUT2D eigenvalue weighted by Crippen LogP contribution is 1.95. The van der Waals surface area contributed by atoms with E-state index in [0.717, 1.165) is 5.70 Å². The summed E-state index contributed by atoms with van der Waals surface area (Å²) in [5.74, 6) is 5.34. The van der Waals surface area contributed by atoms with Gasteiger partial charge in [0.2, 0.25) is 0 Å². The Bertz CT molecular complexity index is 137. The van der Waals surface area contributed by atoms with Gasteiger partial charge in [-0.2, -0.15) is 0 Å². The molecule has 0 radical (unpaired) electrons. The minimum atomic E-state index is 0.711. The Morgan fingerprint density at radius 1 is 1.62 bits per heavy atom. The molecule has 0 atom stereocenters. The smallest absolute Gasteiger partial charge is 0.0538 e. The Balaban J connectivity index is 2.58. The quantitative estimate of drug-likeness (QED) is 0.415. The average molecular weight is 111 g/mol. The highest BCUT2D eigenvalue weighted by molar-refractivity contribution is 5.18. The monoisotopic (exact) mass is 111 g/mol. The second-order valence-electron chi connectivity index (χ2n) is 1.72. The molecule has 44 valence electrons. The van der Waals surface area contributed by atoms with Gasteiger partial charge in [-0.3, -0.25) is 0 Å². The Morgan fingerprint density at radius 3 is 2.75 bits per heavy atom. The van der Waals surface area contributed by atoms with E-state index in [4.69, 9.17) is 11.6 Å². The van der Waals surface area contributed by atoms with Crippen molar-refractivity contribution >= 4 is 0 Å². The Hall–Kier alpha value is -0.960. The fourth-order valence-electron chi connectivity index (χ4n) is 0.522. The molecular formula is C5H9N3. The van der Waals surface area contributed by atoms with E-state index in [2.05, 4.69) is 0 Å². The van der Waals surface area contributed by atoms with E-state index in [9.17, 15) is 0 Å². The zero-order chi connectivity index (χ0) is 5.98. The molecule has 0 saturated carbocycles. The number of hydrogen-bond donors (Lipinski definition) is 2. The Labute approximate surface area is 48.2 Å². The molecular weight excluding hydrogens is 102 g/mol. The predicted octanol–water partition coefficient (Wildman–Crippen LogP) is -0.468. The number of rotatable bonds is 0. The van der Waals surface area contributed by atoms with Crippen LogP contribution in [-0.4, -0.2) is 11.6 Å². The average Bonchev–Trinajstić information content (AvgIpc) is 1.77. The van der Waals surface area contributed by atoms with Crippen LogP contribution in [0.2, 0.25) is 0 Å². The lowest BCUT2D eigenvalue weighted by Crippen LogP contribution is -2.27. The molecule has 0 amide bonds. The molecule has 4 N–H and O–H groups in total. The van der Waals surface area contributed by atoms with Crippen molar-refractivity contribution in [2.24, 2.45) is 11.6 Å². The minimum Gasteiger partial charge on any atom is -0.399 e. The Morgan fingerprint density at radius 2 is 2.38 bits per heavy atom. The van der Waals surface area contributed by atoms with Crippen LogP contribution in [-0.2, 0) is 0 Å². The van der Waals surface area contributed by atoms with Gasteiger partial charge in [0.15, 0.2) is 0 Å². The molecule has 1 heterocycles. The molecule has 3 heteroatoms. The van der Waals surface area contributed by atoms with Crippen molar-refractivity contribution in [3.63, 3.8) is 0 Å². The largest absolute Gasteiger partial charge is 0.399 e. The molecule has 1 aliphatic rings. The van der Waals surface area contributed by atoms with Gasteiger partial charge in [0.05, 0.1) is 6.54 Å². The topological polar surface area (TPSA) is 55.3 Å². The first-order valence-electron chi connectivity index (χ1n) is 2.44. The predicted molar refractivity (Wildman–Crippen MR) is 32.3 cm³/mol. The lowest BCUT2D eigenvalue weighted by molar-refractivity contribution is 0.432. The van der Waals surface area contributed by atoms with Crippen molar-refractivity contribution in [2.75, 3.05) is 6.54 Å². The van der Waals surface area contributed by atoms with Crippen LogP contribution in [0, 0.1) is 0 Å². The molecule has 0 aromatic heterocycles. The summed E-state index contributed by atoms with van der Waals surface area (Å²) >= 11 is 0. The number of nitrogens with two attached hydrogens (primary N) is 2. The second-order valence-corrected chi connectivity index (χ2v) is 1.72. The second kappa shape index (κ2) is 1.88. The summed E-state index contributed by atoms with van der Waals surface area (Å²) in [5.41, 5.74) is 6.17. The van der Waals surface area contributed by atoms with Gasteiger partial charge in [0.1, 0.15) is 0 Å². The standard InChI is InChI=1S/C5H9N3/c6-5-1-3-8(7)4-2-5/h1-3H,4,6-7H2. The first kappa shape index (κ1) is 5.18. The molecule has 0 saturated heterocycles.